The van der Waals surface area contributed by atoms with Crippen molar-refractivity contribution in [3.63, 3.8) is 0 Å². The lowest BCUT2D eigenvalue weighted by Crippen LogP contribution is -2.17. The normalized spacial score (nSPS) is 20.7. The molecule has 1 aromatic carbocycles. The highest BCUT2D eigenvalue weighted by molar-refractivity contribution is 9.10. The standard InChI is InChI=1S/C14H15BrO4/c1-2-18-13(16)8-19-14(17)12-7-11(12)9-4-3-5-10(15)6-9/h3-6,11-12H,2,7-8H2,1H3. The van der Waals surface area contributed by atoms with E-state index in [1.165, 1.54) is 0 Å². The molecule has 0 saturated heterocycles. The molecule has 0 heterocycles. The fourth-order valence-electron chi connectivity index (χ4n) is 2.00. The van der Waals surface area contributed by atoms with E-state index in [0.717, 1.165) is 16.5 Å². The van der Waals surface area contributed by atoms with Gasteiger partial charge in [-0.15, -0.1) is 0 Å². The number of carbonyl (C=O) groups is 2. The predicted octanol–water partition coefficient (Wildman–Crippen LogP) is 2.66. The Labute approximate surface area is 120 Å². The number of ether oxygens (including phenoxy) is 2. The molecule has 2 unspecified atom stereocenters. The molecule has 5 heteroatoms. The number of benzene rings is 1. The van der Waals surface area contributed by atoms with Gasteiger partial charge < -0.3 is 9.47 Å². The maximum absolute atomic E-state index is 11.7. The van der Waals surface area contributed by atoms with Crippen molar-refractivity contribution in [1.82, 2.24) is 0 Å². The molecule has 2 rings (SSSR count). The average molecular weight is 327 g/mol. The van der Waals surface area contributed by atoms with Crippen LogP contribution in [0.3, 0.4) is 0 Å². The second-order valence-corrected chi connectivity index (χ2v) is 5.33. The van der Waals surface area contributed by atoms with Crippen molar-refractivity contribution in [2.75, 3.05) is 13.2 Å². The van der Waals surface area contributed by atoms with Crippen molar-refractivity contribution in [1.29, 1.82) is 0 Å². The van der Waals surface area contributed by atoms with E-state index in [0.29, 0.717) is 6.61 Å². The monoisotopic (exact) mass is 326 g/mol. The minimum Gasteiger partial charge on any atom is -0.463 e. The predicted molar refractivity (Wildman–Crippen MR) is 72.6 cm³/mol. The number of carbonyl (C=O) groups excluding carboxylic acids is 2. The Balaban J connectivity index is 1.82. The summed E-state index contributed by atoms with van der Waals surface area (Å²) in [5, 5.41) is 0. The van der Waals surface area contributed by atoms with Crippen LogP contribution in [0.1, 0.15) is 24.8 Å². The second-order valence-electron chi connectivity index (χ2n) is 4.42. The molecule has 4 nitrogen and oxygen atoms in total. The van der Waals surface area contributed by atoms with Gasteiger partial charge in [-0.05, 0) is 37.0 Å². The SMILES string of the molecule is CCOC(=O)COC(=O)C1CC1c1cccc(Br)c1. The Morgan fingerprint density at radius 1 is 1.37 bits per heavy atom. The van der Waals surface area contributed by atoms with E-state index in [-0.39, 0.29) is 24.4 Å². The first-order chi connectivity index (χ1) is 9.11. The van der Waals surface area contributed by atoms with Crippen LogP contribution in [0.15, 0.2) is 28.7 Å². The van der Waals surface area contributed by atoms with Crippen molar-refractivity contribution < 1.29 is 19.1 Å². The van der Waals surface area contributed by atoms with Gasteiger partial charge in [0.05, 0.1) is 12.5 Å². The molecule has 0 N–H and O–H groups in total. The van der Waals surface area contributed by atoms with Crippen LogP contribution < -0.4 is 0 Å². The summed E-state index contributed by atoms with van der Waals surface area (Å²) in [6, 6.07) is 7.88. The average Bonchev–Trinajstić information content (AvgIpc) is 3.16. The quantitative estimate of drug-likeness (QED) is 0.780. The van der Waals surface area contributed by atoms with Crippen LogP contribution >= 0.6 is 15.9 Å². The summed E-state index contributed by atoms with van der Waals surface area (Å²) in [7, 11) is 0. The summed E-state index contributed by atoms with van der Waals surface area (Å²) < 4.78 is 10.6. The lowest BCUT2D eigenvalue weighted by Gasteiger charge is -2.04. The molecule has 0 aromatic heterocycles. The maximum atomic E-state index is 11.7. The zero-order valence-corrected chi connectivity index (χ0v) is 12.2. The largest absolute Gasteiger partial charge is 0.463 e. The Kier molecular flexibility index (Phi) is 4.58. The third-order valence-electron chi connectivity index (χ3n) is 3.01. The molecule has 0 amide bonds. The maximum Gasteiger partial charge on any atom is 0.344 e. The zero-order valence-electron chi connectivity index (χ0n) is 10.6. The fraction of sp³-hybridized carbons (Fsp3) is 0.429. The van der Waals surface area contributed by atoms with Crippen LogP contribution in [0.5, 0.6) is 0 Å². The van der Waals surface area contributed by atoms with E-state index in [2.05, 4.69) is 15.9 Å². The van der Waals surface area contributed by atoms with Crippen LogP contribution in [-0.4, -0.2) is 25.2 Å². The summed E-state index contributed by atoms with van der Waals surface area (Å²) in [5.74, 6) is -0.760. The van der Waals surface area contributed by atoms with Gasteiger partial charge >= 0.3 is 11.9 Å². The van der Waals surface area contributed by atoms with Gasteiger partial charge in [-0.3, -0.25) is 4.79 Å². The third kappa shape index (κ3) is 3.80. The number of hydrogen-bond donors (Lipinski definition) is 0. The molecule has 0 spiro atoms. The topological polar surface area (TPSA) is 52.6 Å². The molecule has 2 atom stereocenters. The van der Waals surface area contributed by atoms with Crippen LogP contribution in [0.4, 0.5) is 0 Å². The van der Waals surface area contributed by atoms with Crippen molar-refractivity contribution in [2.45, 2.75) is 19.3 Å². The summed E-state index contributed by atoms with van der Waals surface area (Å²) in [6.45, 7) is 1.71. The highest BCUT2D eigenvalue weighted by Gasteiger charge is 2.45. The number of esters is 2. The van der Waals surface area contributed by atoms with Crippen LogP contribution in [-0.2, 0) is 19.1 Å². The molecule has 19 heavy (non-hydrogen) atoms. The Bertz CT molecular complexity index is 486. The lowest BCUT2D eigenvalue weighted by atomic mass is 10.1. The second kappa shape index (κ2) is 6.19. The van der Waals surface area contributed by atoms with Crippen molar-refractivity contribution >= 4 is 27.9 Å². The summed E-state index contributed by atoms with van der Waals surface area (Å²) in [5.41, 5.74) is 1.12. The van der Waals surface area contributed by atoms with Crippen LogP contribution in [0, 0.1) is 5.92 Å². The third-order valence-corrected chi connectivity index (χ3v) is 3.50. The number of halogens is 1. The molecule has 1 aliphatic rings. The number of rotatable bonds is 5. The van der Waals surface area contributed by atoms with Gasteiger partial charge in [0.15, 0.2) is 6.61 Å². The highest BCUT2D eigenvalue weighted by atomic mass is 79.9. The summed E-state index contributed by atoms with van der Waals surface area (Å²) in [4.78, 5) is 22.8. The van der Waals surface area contributed by atoms with Gasteiger partial charge in [-0.2, -0.15) is 0 Å². The van der Waals surface area contributed by atoms with Gasteiger partial charge in [0, 0.05) is 4.47 Å². The van der Waals surface area contributed by atoms with Crippen molar-refractivity contribution in [3.05, 3.63) is 34.3 Å². The zero-order chi connectivity index (χ0) is 13.8. The molecule has 1 fully saturated rings. The molecule has 0 radical (unpaired) electrons. The van der Waals surface area contributed by atoms with E-state index in [1.54, 1.807) is 6.92 Å². The van der Waals surface area contributed by atoms with Crippen molar-refractivity contribution in [2.24, 2.45) is 5.92 Å². The Hall–Kier alpha value is -1.36. The molecule has 1 saturated carbocycles. The summed E-state index contributed by atoms with van der Waals surface area (Å²) in [6.07, 6.45) is 0.776. The Morgan fingerprint density at radius 2 is 2.16 bits per heavy atom. The van der Waals surface area contributed by atoms with E-state index >= 15 is 0 Å². The van der Waals surface area contributed by atoms with Gasteiger partial charge in [0.1, 0.15) is 0 Å². The molecule has 1 aromatic rings. The molecular weight excluding hydrogens is 312 g/mol. The first-order valence-corrected chi connectivity index (χ1v) is 6.99. The van der Waals surface area contributed by atoms with E-state index in [9.17, 15) is 9.59 Å². The molecule has 0 bridgehead atoms. The minimum absolute atomic E-state index is 0.135. The van der Waals surface area contributed by atoms with E-state index in [4.69, 9.17) is 9.47 Å². The smallest absolute Gasteiger partial charge is 0.344 e. The van der Waals surface area contributed by atoms with E-state index in [1.807, 2.05) is 24.3 Å². The molecule has 1 aliphatic carbocycles. The van der Waals surface area contributed by atoms with Crippen LogP contribution in [0.2, 0.25) is 0 Å². The first kappa shape index (κ1) is 14.1. The molecular formula is C14H15BrO4. The summed E-state index contributed by atoms with van der Waals surface area (Å²) >= 11 is 3.40. The van der Waals surface area contributed by atoms with Gasteiger partial charge in [0.25, 0.3) is 0 Å². The van der Waals surface area contributed by atoms with E-state index < -0.39 is 5.97 Å². The van der Waals surface area contributed by atoms with Gasteiger partial charge in [-0.1, -0.05) is 28.1 Å². The fourth-order valence-corrected chi connectivity index (χ4v) is 2.42. The van der Waals surface area contributed by atoms with Crippen molar-refractivity contribution in [3.8, 4) is 0 Å². The minimum atomic E-state index is -0.504. The lowest BCUT2D eigenvalue weighted by molar-refractivity contribution is -0.159. The first-order valence-electron chi connectivity index (χ1n) is 6.19. The highest BCUT2D eigenvalue weighted by Crippen LogP contribution is 2.48. The van der Waals surface area contributed by atoms with Gasteiger partial charge in [0.2, 0.25) is 0 Å². The Morgan fingerprint density at radius 3 is 2.84 bits per heavy atom. The molecule has 102 valence electrons. The number of hydrogen-bond acceptors (Lipinski definition) is 4. The van der Waals surface area contributed by atoms with Gasteiger partial charge in [-0.25, -0.2) is 4.79 Å². The molecule has 0 aliphatic heterocycles. The van der Waals surface area contributed by atoms with Crippen LogP contribution in [0.25, 0.3) is 0 Å².